The minimum absolute atomic E-state index is 0.0164. The predicted molar refractivity (Wildman–Crippen MR) is 123 cm³/mol. The van der Waals surface area contributed by atoms with E-state index in [0.717, 1.165) is 5.56 Å². The smallest absolute Gasteiger partial charge is 0.308 e. The van der Waals surface area contributed by atoms with Gasteiger partial charge in [0.15, 0.2) is 5.69 Å². The van der Waals surface area contributed by atoms with Crippen molar-refractivity contribution < 1.29 is 14.3 Å². The first-order valence-corrected chi connectivity index (χ1v) is 10.8. The molecular formula is C25H29N3O4. The lowest BCUT2D eigenvalue weighted by Gasteiger charge is -2.20. The Bertz CT molecular complexity index is 1150. The van der Waals surface area contributed by atoms with Gasteiger partial charge < -0.3 is 10.1 Å². The van der Waals surface area contributed by atoms with Crippen molar-refractivity contribution in [2.45, 2.75) is 52.8 Å². The fraction of sp³-hybridized carbons (Fsp3) is 0.360. The van der Waals surface area contributed by atoms with Crippen molar-refractivity contribution >= 4 is 22.6 Å². The molecule has 168 valence electrons. The molecule has 0 radical (unpaired) electrons. The zero-order chi connectivity index (χ0) is 23.3. The lowest BCUT2D eigenvalue weighted by atomic mass is 10.0. The first kappa shape index (κ1) is 23.2. The van der Waals surface area contributed by atoms with Crippen LogP contribution < -0.4 is 10.9 Å². The molecule has 0 aliphatic carbocycles. The van der Waals surface area contributed by atoms with Gasteiger partial charge in [0.1, 0.15) is 0 Å². The van der Waals surface area contributed by atoms with Gasteiger partial charge in [0.2, 0.25) is 0 Å². The van der Waals surface area contributed by atoms with Crippen molar-refractivity contribution in [3.63, 3.8) is 0 Å². The lowest BCUT2D eigenvalue weighted by molar-refractivity contribution is -0.147. The third-order valence-electron chi connectivity index (χ3n) is 4.87. The summed E-state index contributed by atoms with van der Waals surface area (Å²) in [5.41, 5.74) is 0.700. The van der Waals surface area contributed by atoms with E-state index in [1.54, 1.807) is 38.1 Å². The fourth-order valence-electron chi connectivity index (χ4n) is 3.51. The number of carbonyl (C=O) groups is 2. The van der Waals surface area contributed by atoms with Crippen molar-refractivity contribution in [2.75, 3.05) is 0 Å². The maximum atomic E-state index is 13.4. The van der Waals surface area contributed by atoms with E-state index in [4.69, 9.17) is 4.74 Å². The van der Waals surface area contributed by atoms with E-state index in [0.29, 0.717) is 17.3 Å². The van der Waals surface area contributed by atoms with Gasteiger partial charge in [0.25, 0.3) is 11.5 Å². The number of hydrogen-bond acceptors (Lipinski definition) is 5. The van der Waals surface area contributed by atoms with Crippen molar-refractivity contribution in [3.8, 4) is 0 Å². The summed E-state index contributed by atoms with van der Waals surface area (Å²) in [6.45, 7) is 7.92. The van der Waals surface area contributed by atoms with E-state index >= 15 is 0 Å². The third kappa shape index (κ3) is 5.60. The molecule has 0 aliphatic heterocycles. The van der Waals surface area contributed by atoms with Gasteiger partial charge in [-0.05, 0) is 31.4 Å². The molecule has 0 saturated carbocycles. The average molecular weight is 436 g/mol. The Balaban J connectivity index is 1.99. The van der Waals surface area contributed by atoms with Crippen LogP contribution in [-0.4, -0.2) is 27.8 Å². The fourth-order valence-corrected chi connectivity index (χ4v) is 3.51. The molecule has 0 aliphatic rings. The summed E-state index contributed by atoms with van der Waals surface area (Å²) < 4.78 is 6.63. The van der Waals surface area contributed by atoms with E-state index in [1.807, 2.05) is 44.2 Å². The molecule has 1 unspecified atom stereocenters. The molecule has 1 aromatic heterocycles. The van der Waals surface area contributed by atoms with Gasteiger partial charge in [-0.3, -0.25) is 14.4 Å². The van der Waals surface area contributed by atoms with Gasteiger partial charge in [-0.15, -0.1) is 0 Å². The van der Waals surface area contributed by atoms with E-state index in [9.17, 15) is 14.4 Å². The molecule has 0 fully saturated rings. The van der Waals surface area contributed by atoms with Gasteiger partial charge in [0.05, 0.1) is 24.0 Å². The van der Waals surface area contributed by atoms with Crippen molar-refractivity contribution in [3.05, 3.63) is 76.2 Å². The number of hydrogen-bond donors (Lipinski definition) is 1. The highest BCUT2D eigenvalue weighted by Crippen LogP contribution is 2.20. The van der Waals surface area contributed by atoms with Crippen LogP contribution in [0.3, 0.4) is 0 Å². The highest BCUT2D eigenvalue weighted by atomic mass is 16.5. The summed E-state index contributed by atoms with van der Waals surface area (Å²) in [7, 11) is 0. The van der Waals surface area contributed by atoms with Crippen molar-refractivity contribution in [2.24, 2.45) is 5.92 Å². The second kappa shape index (κ2) is 10.2. The Morgan fingerprint density at radius 3 is 2.22 bits per heavy atom. The Hall–Kier alpha value is -3.48. The second-order valence-corrected chi connectivity index (χ2v) is 8.45. The summed E-state index contributed by atoms with van der Waals surface area (Å²) in [6, 6.07) is 15.6. The Morgan fingerprint density at radius 2 is 1.59 bits per heavy atom. The molecule has 0 saturated heterocycles. The molecule has 1 amide bonds. The zero-order valence-corrected chi connectivity index (χ0v) is 18.9. The van der Waals surface area contributed by atoms with Crippen LogP contribution in [-0.2, 0) is 16.1 Å². The summed E-state index contributed by atoms with van der Waals surface area (Å²) in [4.78, 5) is 38.5. The summed E-state index contributed by atoms with van der Waals surface area (Å²) in [6.07, 6.45) is -0.267. The molecule has 1 N–H and O–H groups in total. The minimum atomic E-state index is -0.596. The van der Waals surface area contributed by atoms with E-state index in [-0.39, 0.29) is 29.7 Å². The summed E-state index contributed by atoms with van der Waals surface area (Å²) in [5.74, 6) is -0.679. The first-order valence-electron chi connectivity index (χ1n) is 10.8. The van der Waals surface area contributed by atoms with Crippen LogP contribution in [0.4, 0.5) is 0 Å². The van der Waals surface area contributed by atoms with Crippen LogP contribution in [0, 0.1) is 5.92 Å². The number of rotatable bonds is 8. The van der Waals surface area contributed by atoms with Crippen LogP contribution in [0.15, 0.2) is 59.4 Å². The number of fused-ring (bicyclic) bond motifs is 1. The SMILES string of the molecule is CC(C)Cn1nc(C(=O)NC(CC(=O)OC(C)C)c2ccccc2)c2ccccc2c1=O. The van der Waals surface area contributed by atoms with Crippen LogP contribution in [0.5, 0.6) is 0 Å². The number of ether oxygens (including phenoxy) is 1. The van der Waals surface area contributed by atoms with Gasteiger partial charge >= 0.3 is 5.97 Å². The normalized spacial score (nSPS) is 12.2. The molecular weight excluding hydrogens is 406 g/mol. The van der Waals surface area contributed by atoms with E-state index in [1.165, 1.54) is 4.68 Å². The van der Waals surface area contributed by atoms with Crippen molar-refractivity contribution in [1.29, 1.82) is 0 Å². The molecule has 7 nitrogen and oxygen atoms in total. The zero-order valence-electron chi connectivity index (χ0n) is 18.9. The number of aromatic nitrogens is 2. The average Bonchev–Trinajstić information content (AvgIpc) is 2.75. The van der Waals surface area contributed by atoms with Gasteiger partial charge in [-0.1, -0.05) is 62.4 Å². The topological polar surface area (TPSA) is 90.3 Å². The van der Waals surface area contributed by atoms with Crippen LogP contribution in [0.1, 0.15) is 56.2 Å². The Kier molecular flexibility index (Phi) is 7.41. The molecule has 3 rings (SSSR count). The van der Waals surface area contributed by atoms with Gasteiger partial charge in [0, 0.05) is 11.9 Å². The molecule has 2 aromatic carbocycles. The molecule has 0 spiro atoms. The third-order valence-corrected chi connectivity index (χ3v) is 4.87. The molecule has 7 heteroatoms. The van der Waals surface area contributed by atoms with Crippen LogP contribution in [0.25, 0.3) is 10.8 Å². The maximum Gasteiger partial charge on any atom is 0.308 e. The number of nitrogens with one attached hydrogen (secondary N) is 1. The highest BCUT2D eigenvalue weighted by Gasteiger charge is 2.23. The summed E-state index contributed by atoms with van der Waals surface area (Å²) in [5, 5.41) is 8.23. The number of esters is 1. The standard InChI is InChI=1S/C25H29N3O4/c1-16(2)15-28-25(31)20-13-9-8-12-19(20)23(27-28)24(30)26-21(14-22(29)32-17(3)4)18-10-6-5-7-11-18/h5-13,16-17,21H,14-15H2,1-4H3,(H,26,30). The molecule has 0 bridgehead atoms. The van der Waals surface area contributed by atoms with Gasteiger partial charge in [-0.25, -0.2) is 4.68 Å². The van der Waals surface area contributed by atoms with E-state index in [2.05, 4.69) is 10.4 Å². The molecule has 1 atom stereocenters. The second-order valence-electron chi connectivity index (χ2n) is 8.45. The Labute approximate surface area is 187 Å². The molecule has 1 heterocycles. The number of amides is 1. The molecule has 3 aromatic rings. The van der Waals surface area contributed by atoms with Crippen LogP contribution in [0.2, 0.25) is 0 Å². The van der Waals surface area contributed by atoms with Gasteiger partial charge in [-0.2, -0.15) is 5.10 Å². The number of benzene rings is 2. The first-order chi connectivity index (χ1) is 15.3. The maximum absolute atomic E-state index is 13.4. The summed E-state index contributed by atoms with van der Waals surface area (Å²) >= 11 is 0. The minimum Gasteiger partial charge on any atom is -0.463 e. The van der Waals surface area contributed by atoms with E-state index < -0.39 is 17.9 Å². The highest BCUT2D eigenvalue weighted by molar-refractivity contribution is 6.05. The predicted octanol–water partition coefficient (Wildman–Crippen LogP) is 3.87. The number of nitrogens with zero attached hydrogens (tertiary/aromatic N) is 2. The quantitative estimate of drug-likeness (QED) is 0.543. The Morgan fingerprint density at radius 1 is 0.969 bits per heavy atom. The van der Waals surface area contributed by atoms with Crippen molar-refractivity contribution in [1.82, 2.24) is 15.1 Å². The monoisotopic (exact) mass is 435 g/mol. The number of carbonyl (C=O) groups excluding carboxylic acids is 2. The largest absolute Gasteiger partial charge is 0.463 e. The molecule has 32 heavy (non-hydrogen) atoms. The van der Waals surface area contributed by atoms with Crippen LogP contribution >= 0.6 is 0 Å². The lowest BCUT2D eigenvalue weighted by Crippen LogP contribution is -2.34.